The normalized spacial score (nSPS) is 16.3. The third kappa shape index (κ3) is 5.26. The van der Waals surface area contributed by atoms with E-state index in [1.807, 2.05) is 6.07 Å². The molecule has 1 saturated carbocycles. The second kappa shape index (κ2) is 9.11. The lowest BCUT2D eigenvalue weighted by molar-refractivity contribution is -0.119. The fourth-order valence-electron chi connectivity index (χ4n) is 4.20. The van der Waals surface area contributed by atoms with Crippen molar-refractivity contribution in [3.63, 3.8) is 0 Å². The van der Waals surface area contributed by atoms with Crippen LogP contribution >= 0.6 is 22.9 Å². The number of aryl methyl sites for hydroxylation is 1. The summed E-state index contributed by atoms with van der Waals surface area (Å²) < 4.78 is 0.817. The topological polar surface area (TPSA) is 46.3 Å². The van der Waals surface area contributed by atoms with Crippen LogP contribution in [0, 0.1) is 12.8 Å². The van der Waals surface area contributed by atoms with Crippen LogP contribution in [0.1, 0.15) is 60.4 Å². The van der Waals surface area contributed by atoms with Gasteiger partial charge in [0.25, 0.3) is 0 Å². The number of carbonyl (C=O) groups is 1. The highest BCUT2D eigenvalue weighted by Crippen LogP contribution is 2.35. The van der Waals surface area contributed by atoms with Crippen molar-refractivity contribution < 1.29 is 4.79 Å². The molecule has 3 nitrogen and oxygen atoms in total. The van der Waals surface area contributed by atoms with E-state index in [1.165, 1.54) is 37.0 Å². The van der Waals surface area contributed by atoms with E-state index in [9.17, 15) is 4.79 Å². The van der Waals surface area contributed by atoms with E-state index in [4.69, 9.17) is 17.3 Å². The molecule has 0 aliphatic heterocycles. The quantitative estimate of drug-likeness (QED) is 0.625. The molecule has 0 spiro atoms. The maximum Gasteiger partial charge on any atom is 0.224 e. The Hall–Kier alpha value is -1.52. The summed E-state index contributed by atoms with van der Waals surface area (Å²) in [4.78, 5) is 15.6. The minimum Gasteiger partial charge on any atom is -0.369 e. The van der Waals surface area contributed by atoms with E-state index < -0.39 is 0 Å². The maximum atomic E-state index is 12.2. The first-order chi connectivity index (χ1) is 12.9. The van der Waals surface area contributed by atoms with Crippen molar-refractivity contribution in [2.75, 3.05) is 11.9 Å². The largest absolute Gasteiger partial charge is 0.369 e. The molecule has 1 heterocycles. The third-order valence-corrected chi connectivity index (χ3v) is 6.94. The number of nitrogens with two attached hydrogens (primary N) is 1. The predicted octanol–water partition coefficient (Wildman–Crippen LogP) is 5.89. The molecule has 1 unspecified atom stereocenters. The van der Waals surface area contributed by atoms with Gasteiger partial charge in [0.2, 0.25) is 5.91 Å². The van der Waals surface area contributed by atoms with Gasteiger partial charge in [0.05, 0.1) is 16.8 Å². The van der Waals surface area contributed by atoms with Gasteiger partial charge in [0.15, 0.2) is 0 Å². The van der Waals surface area contributed by atoms with E-state index in [0.717, 1.165) is 34.1 Å². The molecule has 0 saturated heterocycles. The Morgan fingerprint density at radius 1 is 1.26 bits per heavy atom. The number of hydrogen-bond donors (Lipinski definition) is 1. The Morgan fingerprint density at radius 3 is 2.59 bits per heavy atom. The molecule has 146 valence electrons. The van der Waals surface area contributed by atoms with Gasteiger partial charge < -0.3 is 10.6 Å². The van der Waals surface area contributed by atoms with Gasteiger partial charge in [-0.2, -0.15) is 0 Å². The van der Waals surface area contributed by atoms with Gasteiger partial charge >= 0.3 is 0 Å². The van der Waals surface area contributed by atoms with Crippen LogP contribution in [-0.2, 0) is 11.3 Å². The third-order valence-electron chi connectivity index (χ3n) is 5.73. The van der Waals surface area contributed by atoms with Crippen LogP contribution in [0.4, 0.5) is 5.69 Å². The zero-order chi connectivity index (χ0) is 19.4. The summed E-state index contributed by atoms with van der Waals surface area (Å²) in [5, 5.41) is 0. The molecular formula is C22H29ClN2OS. The number of anilines is 1. The lowest BCUT2D eigenvalue weighted by Crippen LogP contribution is -2.25. The highest BCUT2D eigenvalue weighted by Gasteiger charge is 2.25. The SMILES string of the molecule is Cc1cc(N(C)Cc2ccc(Cl)s2)ccc1C(CC1CCCCC1)C(N)=O. The Kier molecular flexibility index (Phi) is 6.83. The summed E-state index contributed by atoms with van der Waals surface area (Å²) in [6.07, 6.45) is 7.24. The lowest BCUT2D eigenvalue weighted by Gasteiger charge is -2.27. The van der Waals surface area contributed by atoms with Gasteiger partial charge in [-0.05, 0) is 54.7 Å². The fourth-order valence-corrected chi connectivity index (χ4v) is 5.34. The smallest absolute Gasteiger partial charge is 0.224 e. The average molecular weight is 405 g/mol. The summed E-state index contributed by atoms with van der Waals surface area (Å²) >= 11 is 7.65. The number of benzene rings is 1. The molecule has 1 aromatic carbocycles. The number of amides is 1. The molecule has 0 bridgehead atoms. The maximum absolute atomic E-state index is 12.2. The second-order valence-corrected chi connectivity index (χ2v) is 9.60. The molecule has 1 amide bonds. The van der Waals surface area contributed by atoms with Crippen LogP contribution < -0.4 is 10.6 Å². The Labute approximate surface area is 171 Å². The van der Waals surface area contributed by atoms with E-state index in [1.54, 1.807) is 11.3 Å². The second-order valence-electron chi connectivity index (χ2n) is 7.80. The molecule has 1 aromatic heterocycles. The van der Waals surface area contributed by atoms with E-state index in [-0.39, 0.29) is 11.8 Å². The van der Waals surface area contributed by atoms with Crippen LogP contribution in [0.2, 0.25) is 4.34 Å². The standard InChI is InChI=1S/C22H29ClN2OS/c1-15-12-17(25(2)14-18-9-11-21(23)27-18)8-10-19(15)20(22(24)26)13-16-6-4-3-5-7-16/h8-12,16,20H,3-7,13-14H2,1-2H3,(H2,24,26). The molecule has 1 aliphatic carbocycles. The summed E-state index contributed by atoms with van der Waals surface area (Å²) in [6.45, 7) is 2.91. The van der Waals surface area contributed by atoms with Crippen LogP contribution in [0.25, 0.3) is 0 Å². The number of nitrogens with zero attached hydrogens (tertiary/aromatic N) is 1. The minimum absolute atomic E-state index is 0.177. The van der Waals surface area contributed by atoms with Crippen LogP contribution in [0.15, 0.2) is 30.3 Å². The Bertz CT molecular complexity index is 782. The molecule has 0 radical (unpaired) electrons. The van der Waals surface area contributed by atoms with Crippen LogP contribution in [0.3, 0.4) is 0 Å². The predicted molar refractivity (Wildman–Crippen MR) is 116 cm³/mol. The minimum atomic E-state index is -0.196. The molecule has 1 fully saturated rings. The zero-order valence-corrected chi connectivity index (χ0v) is 17.8. The highest BCUT2D eigenvalue weighted by atomic mass is 35.5. The Balaban J connectivity index is 1.74. The van der Waals surface area contributed by atoms with Crippen LogP contribution in [-0.4, -0.2) is 13.0 Å². The van der Waals surface area contributed by atoms with Gasteiger partial charge in [0.1, 0.15) is 0 Å². The molecule has 3 rings (SSSR count). The number of hydrogen-bond acceptors (Lipinski definition) is 3. The summed E-state index contributed by atoms with van der Waals surface area (Å²) in [5.41, 5.74) is 9.17. The molecule has 27 heavy (non-hydrogen) atoms. The van der Waals surface area contributed by atoms with Gasteiger partial charge in [-0.25, -0.2) is 0 Å². The molecule has 5 heteroatoms. The number of carbonyl (C=O) groups excluding carboxylic acids is 1. The van der Waals surface area contributed by atoms with Gasteiger partial charge in [-0.3, -0.25) is 4.79 Å². The first-order valence-corrected chi connectivity index (χ1v) is 11.0. The summed E-state index contributed by atoms with van der Waals surface area (Å²) in [5.74, 6) is 0.253. The van der Waals surface area contributed by atoms with Crippen molar-refractivity contribution in [2.24, 2.45) is 11.7 Å². The van der Waals surface area contributed by atoms with Crippen molar-refractivity contribution in [3.8, 4) is 0 Å². The van der Waals surface area contributed by atoms with Crippen molar-refractivity contribution >= 4 is 34.5 Å². The first-order valence-electron chi connectivity index (χ1n) is 9.79. The van der Waals surface area contributed by atoms with E-state index in [0.29, 0.717) is 5.92 Å². The zero-order valence-electron chi connectivity index (χ0n) is 16.2. The Morgan fingerprint density at radius 2 is 2.00 bits per heavy atom. The summed E-state index contributed by atoms with van der Waals surface area (Å²) in [6, 6.07) is 10.4. The average Bonchev–Trinajstić information content (AvgIpc) is 3.05. The molecule has 1 aliphatic rings. The lowest BCUT2D eigenvalue weighted by atomic mass is 9.79. The molecule has 2 N–H and O–H groups in total. The van der Waals surface area contributed by atoms with Crippen molar-refractivity contribution in [1.82, 2.24) is 0 Å². The van der Waals surface area contributed by atoms with Gasteiger partial charge in [0, 0.05) is 17.6 Å². The van der Waals surface area contributed by atoms with Crippen molar-refractivity contribution in [2.45, 2.75) is 57.9 Å². The molecular weight excluding hydrogens is 376 g/mol. The van der Waals surface area contributed by atoms with Crippen LogP contribution in [0.5, 0.6) is 0 Å². The van der Waals surface area contributed by atoms with Crippen molar-refractivity contribution in [3.05, 3.63) is 50.7 Å². The number of thiophene rings is 1. The van der Waals surface area contributed by atoms with E-state index >= 15 is 0 Å². The highest BCUT2D eigenvalue weighted by molar-refractivity contribution is 7.16. The fraction of sp³-hybridized carbons (Fsp3) is 0.500. The number of primary amides is 1. The molecule has 1 atom stereocenters. The monoisotopic (exact) mass is 404 g/mol. The van der Waals surface area contributed by atoms with Crippen molar-refractivity contribution in [1.29, 1.82) is 0 Å². The van der Waals surface area contributed by atoms with E-state index in [2.05, 4.69) is 43.1 Å². The van der Waals surface area contributed by atoms with Gasteiger partial charge in [-0.1, -0.05) is 49.8 Å². The van der Waals surface area contributed by atoms with Gasteiger partial charge in [-0.15, -0.1) is 11.3 Å². The molecule has 2 aromatic rings. The summed E-state index contributed by atoms with van der Waals surface area (Å²) in [7, 11) is 2.08. The number of rotatable bonds is 7. The number of halogens is 1. The first kappa shape index (κ1) is 20.2.